The van der Waals surface area contributed by atoms with Gasteiger partial charge >= 0.3 is 0 Å². The van der Waals surface area contributed by atoms with E-state index in [2.05, 4.69) is 20.0 Å². The van der Waals surface area contributed by atoms with Gasteiger partial charge in [-0.05, 0) is 25.8 Å². The van der Waals surface area contributed by atoms with Gasteiger partial charge in [-0.15, -0.1) is 0 Å². The zero-order chi connectivity index (χ0) is 14.4. The number of rotatable bonds is 4. The normalized spacial score (nSPS) is 23.0. The predicted octanol–water partition coefficient (Wildman–Crippen LogP) is 2.32. The smallest absolute Gasteiger partial charge is 0.231 e. The largest absolute Gasteiger partial charge is 0.339 e. The molecule has 1 atom stereocenters. The summed E-state index contributed by atoms with van der Waals surface area (Å²) in [5.74, 6) is 3.59. The minimum Gasteiger partial charge on any atom is -0.339 e. The zero-order valence-electron chi connectivity index (χ0n) is 12.0. The molecule has 0 bridgehead atoms. The summed E-state index contributed by atoms with van der Waals surface area (Å²) in [6.45, 7) is 2.77. The van der Waals surface area contributed by atoms with Crippen molar-refractivity contribution < 1.29 is 4.52 Å². The molecule has 21 heavy (non-hydrogen) atoms. The molecule has 1 saturated heterocycles. The van der Waals surface area contributed by atoms with Gasteiger partial charge in [0.25, 0.3) is 0 Å². The molecule has 0 spiro atoms. The van der Waals surface area contributed by atoms with Gasteiger partial charge < -0.3 is 9.09 Å². The summed E-state index contributed by atoms with van der Waals surface area (Å²) in [5, 5.41) is 4.78. The molecule has 0 unspecified atom stereocenters. The maximum atomic E-state index is 6.03. The number of hydrogen-bond donors (Lipinski definition) is 0. The van der Waals surface area contributed by atoms with Crippen molar-refractivity contribution in [1.82, 2.24) is 24.6 Å². The van der Waals surface area contributed by atoms with E-state index in [9.17, 15) is 0 Å². The monoisotopic (exact) mass is 307 g/mol. The van der Waals surface area contributed by atoms with Gasteiger partial charge in [-0.1, -0.05) is 16.8 Å². The lowest BCUT2D eigenvalue weighted by molar-refractivity contribution is 0.300. The molecule has 2 aromatic heterocycles. The molecule has 3 heterocycles. The Hall–Kier alpha value is -1.40. The van der Waals surface area contributed by atoms with Crippen molar-refractivity contribution in [2.45, 2.75) is 37.6 Å². The predicted molar refractivity (Wildman–Crippen MR) is 77.1 cm³/mol. The number of imidazole rings is 1. The van der Waals surface area contributed by atoms with E-state index in [1.54, 1.807) is 6.20 Å². The van der Waals surface area contributed by atoms with E-state index in [0.29, 0.717) is 17.0 Å². The quantitative estimate of drug-likeness (QED) is 0.867. The van der Waals surface area contributed by atoms with Crippen LogP contribution in [0.15, 0.2) is 10.7 Å². The first-order chi connectivity index (χ1) is 10.2. The van der Waals surface area contributed by atoms with Crippen LogP contribution in [0.3, 0.4) is 0 Å². The van der Waals surface area contributed by atoms with E-state index in [1.807, 2.05) is 11.6 Å². The van der Waals surface area contributed by atoms with Crippen LogP contribution in [0.5, 0.6) is 0 Å². The lowest BCUT2D eigenvalue weighted by atomic mass is 10.1. The summed E-state index contributed by atoms with van der Waals surface area (Å²) in [4.78, 5) is 11.3. The summed E-state index contributed by atoms with van der Waals surface area (Å²) in [6, 6.07) is 0. The number of likely N-dealkylation sites (tertiary alicyclic amines) is 1. The minimum atomic E-state index is 0.348. The van der Waals surface area contributed by atoms with Crippen LogP contribution in [0.4, 0.5) is 0 Å². The van der Waals surface area contributed by atoms with Crippen molar-refractivity contribution in [3.8, 4) is 0 Å². The number of hydrogen-bond acceptors (Lipinski definition) is 5. The fourth-order valence-corrected chi connectivity index (χ4v) is 3.02. The molecule has 2 aromatic rings. The molecule has 2 fully saturated rings. The highest BCUT2D eigenvalue weighted by atomic mass is 35.5. The number of nitrogens with zero attached hydrogens (tertiary/aromatic N) is 5. The summed E-state index contributed by atoms with van der Waals surface area (Å²) < 4.78 is 7.37. The zero-order valence-corrected chi connectivity index (χ0v) is 12.8. The highest BCUT2D eigenvalue weighted by Gasteiger charge is 2.33. The number of aromatic nitrogens is 4. The standard InChI is InChI=1S/C14H18ClN5O/c1-19-11(15)6-16-12(19)8-20-5-4-10(7-20)14-17-13(18-21-14)9-2-3-9/h6,9-10H,2-5,7-8H2,1H3/t10-/m1/s1. The molecule has 6 nitrogen and oxygen atoms in total. The van der Waals surface area contributed by atoms with E-state index >= 15 is 0 Å². The molecule has 0 aromatic carbocycles. The van der Waals surface area contributed by atoms with Crippen LogP contribution in [0.2, 0.25) is 5.15 Å². The molecule has 0 N–H and O–H groups in total. The van der Waals surface area contributed by atoms with Crippen molar-refractivity contribution in [3.05, 3.63) is 28.9 Å². The fourth-order valence-electron chi connectivity index (χ4n) is 2.87. The van der Waals surface area contributed by atoms with Crippen LogP contribution in [0, 0.1) is 0 Å². The molecule has 2 aliphatic rings. The van der Waals surface area contributed by atoms with Gasteiger partial charge in [0.05, 0.1) is 18.7 Å². The van der Waals surface area contributed by atoms with Crippen molar-refractivity contribution in [2.75, 3.05) is 13.1 Å². The highest BCUT2D eigenvalue weighted by Crippen LogP contribution is 2.39. The number of halogens is 1. The van der Waals surface area contributed by atoms with Gasteiger partial charge in [0.2, 0.25) is 5.89 Å². The van der Waals surface area contributed by atoms with Gasteiger partial charge in [-0.2, -0.15) is 4.98 Å². The van der Waals surface area contributed by atoms with E-state index < -0.39 is 0 Å². The van der Waals surface area contributed by atoms with Crippen LogP contribution >= 0.6 is 11.6 Å². The third-order valence-electron chi connectivity index (χ3n) is 4.41. The van der Waals surface area contributed by atoms with Gasteiger partial charge in [0, 0.05) is 19.5 Å². The third-order valence-corrected chi connectivity index (χ3v) is 4.77. The Kier molecular flexibility index (Phi) is 3.23. The van der Waals surface area contributed by atoms with E-state index in [1.165, 1.54) is 12.8 Å². The Bertz CT molecular complexity index is 648. The molecule has 1 aliphatic carbocycles. The Balaban J connectivity index is 1.40. The van der Waals surface area contributed by atoms with Gasteiger partial charge in [0.1, 0.15) is 11.0 Å². The van der Waals surface area contributed by atoms with E-state index in [0.717, 1.165) is 43.6 Å². The fraction of sp³-hybridized carbons (Fsp3) is 0.643. The molecule has 0 radical (unpaired) electrons. The lowest BCUT2D eigenvalue weighted by Gasteiger charge is -2.14. The van der Waals surface area contributed by atoms with Crippen molar-refractivity contribution in [2.24, 2.45) is 7.05 Å². The van der Waals surface area contributed by atoms with Crippen LogP contribution < -0.4 is 0 Å². The van der Waals surface area contributed by atoms with Crippen molar-refractivity contribution in [3.63, 3.8) is 0 Å². The first-order valence-electron chi connectivity index (χ1n) is 7.42. The molecule has 112 valence electrons. The molecule has 1 saturated carbocycles. The second kappa shape index (κ2) is 5.10. The Labute approximate surface area is 128 Å². The van der Waals surface area contributed by atoms with Gasteiger partial charge in [-0.3, -0.25) is 4.90 Å². The lowest BCUT2D eigenvalue weighted by Crippen LogP contribution is -2.21. The van der Waals surface area contributed by atoms with Gasteiger partial charge in [-0.25, -0.2) is 4.98 Å². The average molecular weight is 308 g/mol. The average Bonchev–Trinajstić information content (AvgIpc) is 2.91. The first-order valence-corrected chi connectivity index (χ1v) is 7.80. The third kappa shape index (κ3) is 2.58. The van der Waals surface area contributed by atoms with Crippen LogP contribution in [0.1, 0.15) is 48.6 Å². The molecule has 0 amide bonds. The Morgan fingerprint density at radius 3 is 2.90 bits per heavy atom. The van der Waals surface area contributed by atoms with E-state index in [-0.39, 0.29) is 0 Å². The van der Waals surface area contributed by atoms with Crippen molar-refractivity contribution in [1.29, 1.82) is 0 Å². The summed E-state index contributed by atoms with van der Waals surface area (Å²) in [5.41, 5.74) is 0. The maximum Gasteiger partial charge on any atom is 0.231 e. The van der Waals surface area contributed by atoms with Crippen LogP contribution in [-0.4, -0.2) is 37.7 Å². The second-order valence-corrected chi connectivity index (χ2v) is 6.43. The Morgan fingerprint density at radius 1 is 1.33 bits per heavy atom. The van der Waals surface area contributed by atoms with Gasteiger partial charge in [0.15, 0.2) is 5.82 Å². The minimum absolute atomic E-state index is 0.348. The molecular weight excluding hydrogens is 290 g/mol. The van der Waals surface area contributed by atoms with Crippen LogP contribution in [0.25, 0.3) is 0 Å². The molecule has 7 heteroatoms. The Morgan fingerprint density at radius 2 is 2.19 bits per heavy atom. The second-order valence-electron chi connectivity index (χ2n) is 6.04. The molecule has 4 rings (SSSR count). The SMILES string of the molecule is Cn1c(Cl)cnc1CN1CC[C@@H](c2nc(C3CC3)no2)C1. The summed E-state index contributed by atoms with van der Waals surface area (Å²) in [7, 11) is 1.94. The summed E-state index contributed by atoms with van der Waals surface area (Å²) in [6.07, 6.45) is 5.17. The van der Waals surface area contributed by atoms with E-state index in [4.69, 9.17) is 16.1 Å². The molecule has 1 aliphatic heterocycles. The first kappa shape index (κ1) is 13.3. The van der Waals surface area contributed by atoms with Crippen LogP contribution in [-0.2, 0) is 13.6 Å². The topological polar surface area (TPSA) is 60.0 Å². The van der Waals surface area contributed by atoms with Crippen molar-refractivity contribution >= 4 is 11.6 Å². The maximum absolute atomic E-state index is 6.03. The highest BCUT2D eigenvalue weighted by molar-refractivity contribution is 6.29. The molecular formula is C14H18ClN5O. The summed E-state index contributed by atoms with van der Waals surface area (Å²) >= 11 is 6.03.